The lowest BCUT2D eigenvalue weighted by molar-refractivity contribution is 0.355. The van der Waals surface area contributed by atoms with Crippen molar-refractivity contribution >= 4 is 27.0 Å². The molecule has 108 valence electrons. The monoisotopic (exact) mass is 346 g/mol. The third-order valence-electron chi connectivity index (χ3n) is 3.52. The number of benzene rings is 1. The summed E-state index contributed by atoms with van der Waals surface area (Å²) in [6, 6.07) is 9.82. The third kappa shape index (κ3) is 2.38. The Kier molecular flexibility index (Phi) is 3.59. The van der Waals surface area contributed by atoms with Crippen LogP contribution < -0.4 is 9.47 Å². The smallest absolute Gasteiger partial charge is 0.161 e. The summed E-state index contributed by atoms with van der Waals surface area (Å²) in [7, 11) is 3.27. The first-order valence-corrected chi connectivity index (χ1v) is 7.30. The molecule has 2 aromatic heterocycles. The second kappa shape index (κ2) is 5.41. The van der Waals surface area contributed by atoms with Gasteiger partial charge in [-0.2, -0.15) is 0 Å². The van der Waals surface area contributed by atoms with Crippen molar-refractivity contribution in [3.63, 3.8) is 0 Å². The molecule has 0 spiro atoms. The van der Waals surface area contributed by atoms with Gasteiger partial charge >= 0.3 is 0 Å². The summed E-state index contributed by atoms with van der Waals surface area (Å²) in [5.74, 6) is 1.43. The Hall–Kier alpha value is -2.01. The van der Waals surface area contributed by atoms with Crippen LogP contribution in [0.15, 0.2) is 34.9 Å². The van der Waals surface area contributed by atoms with E-state index in [1.54, 1.807) is 14.2 Å². The van der Waals surface area contributed by atoms with Crippen LogP contribution in [0.1, 0.15) is 5.56 Å². The number of nitrogens with zero attached hydrogens (tertiary/aromatic N) is 1. The van der Waals surface area contributed by atoms with Gasteiger partial charge in [0.2, 0.25) is 0 Å². The van der Waals surface area contributed by atoms with Crippen LogP contribution in [0.3, 0.4) is 0 Å². The lowest BCUT2D eigenvalue weighted by atomic mass is 10.1. The van der Waals surface area contributed by atoms with E-state index in [1.165, 1.54) is 0 Å². The van der Waals surface area contributed by atoms with Gasteiger partial charge in [-0.05, 0) is 53.2 Å². The number of aromatic nitrogens is 2. The van der Waals surface area contributed by atoms with Crippen LogP contribution in [0, 0.1) is 6.92 Å². The van der Waals surface area contributed by atoms with Crippen LogP contribution in [-0.2, 0) is 0 Å². The van der Waals surface area contributed by atoms with Crippen LogP contribution in [0.4, 0.5) is 0 Å². The summed E-state index contributed by atoms with van der Waals surface area (Å²) in [5.41, 5.74) is 5.17. The van der Waals surface area contributed by atoms with Crippen molar-refractivity contribution in [3.05, 3.63) is 40.5 Å². The summed E-state index contributed by atoms with van der Waals surface area (Å²) in [5, 5.41) is 0. The summed E-state index contributed by atoms with van der Waals surface area (Å²) in [6.45, 7) is 2.06. The number of aryl methyl sites for hydroxylation is 1. The third-order valence-corrected chi connectivity index (χ3v) is 3.97. The van der Waals surface area contributed by atoms with Gasteiger partial charge in [-0.3, -0.25) is 0 Å². The van der Waals surface area contributed by atoms with E-state index >= 15 is 0 Å². The summed E-state index contributed by atoms with van der Waals surface area (Å²) < 4.78 is 11.5. The highest BCUT2D eigenvalue weighted by molar-refractivity contribution is 9.10. The van der Waals surface area contributed by atoms with E-state index in [-0.39, 0.29) is 0 Å². The molecule has 3 rings (SSSR count). The first kappa shape index (κ1) is 13.9. The molecule has 0 saturated heterocycles. The maximum Gasteiger partial charge on any atom is 0.161 e. The topological polar surface area (TPSA) is 47.1 Å². The van der Waals surface area contributed by atoms with Gasteiger partial charge in [-0.15, -0.1) is 0 Å². The molecule has 0 aliphatic heterocycles. The second-order valence-electron chi connectivity index (χ2n) is 4.72. The zero-order chi connectivity index (χ0) is 15.0. The number of hydrogen-bond donors (Lipinski definition) is 1. The van der Waals surface area contributed by atoms with Crippen molar-refractivity contribution in [3.8, 4) is 22.8 Å². The largest absolute Gasteiger partial charge is 0.493 e. The molecule has 21 heavy (non-hydrogen) atoms. The minimum atomic E-state index is 0.710. The molecule has 0 amide bonds. The normalized spacial score (nSPS) is 10.9. The molecule has 0 fully saturated rings. The molecule has 4 nitrogen and oxygen atoms in total. The van der Waals surface area contributed by atoms with Crippen LogP contribution >= 0.6 is 15.9 Å². The first-order chi connectivity index (χ1) is 10.1. The van der Waals surface area contributed by atoms with E-state index in [2.05, 4.69) is 32.8 Å². The van der Waals surface area contributed by atoms with Crippen LogP contribution in [-0.4, -0.2) is 24.2 Å². The predicted octanol–water partition coefficient (Wildman–Crippen LogP) is 4.32. The van der Waals surface area contributed by atoms with Crippen molar-refractivity contribution < 1.29 is 9.47 Å². The fraction of sp³-hybridized carbons (Fsp3) is 0.188. The minimum absolute atomic E-state index is 0.710. The first-order valence-electron chi connectivity index (χ1n) is 6.51. The fourth-order valence-corrected chi connectivity index (χ4v) is 2.76. The number of hydrogen-bond acceptors (Lipinski definition) is 3. The average Bonchev–Trinajstić information content (AvgIpc) is 2.83. The lowest BCUT2D eigenvalue weighted by Crippen LogP contribution is -1.91. The van der Waals surface area contributed by atoms with Crippen molar-refractivity contribution in [2.75, 3.05) is 14.2 Å². The number of ether oxygens (including phenoxy) is 2. The highest BCUT2D eigenvalue weighted by atomic mass is 79.9. The molecule has 1 aromatic carbocycles. The predicted molar refractivity (Wildman–Crippen MR) is 87.1 cm³/mol. The number of nitrogens with one attached hydrogen (secondary N) is 1. The summed E-state index contributed by atoms with van der Waals surface area (Å²) in [6.07, 6.45) is 0. The van der Waals surface area contributed by atoms with Gasteiger partial charge in [0.1, 0.15) is 4.60 Å². The molecule has 5 heteroatoms. The molecule has 0 radical (unpaired) electrons. The number of rotatable bonds is 3. The molecule has 0 unspecified atom stereocenters. The molecule has 0 aliphatic rings. The highest BCUT2D eigenvalue weighted by Crippen LogP contribution is 2.35. The minimum Gasteiger partial charge on any atom is -0.493 e. The zero-order valence-electron chi connectivity index (χ0n) is 12.0. The van der Waals surface area contributed by atoms with Crippen LogP contribution in [0.5, 0.6) is 11.5 Å². The Morgan fingerprint density at radius 3 is 2.52 bits per heavy atom. The Bertz CT molecular complexity index is 811. The Morgan fingerprint density at radius 2 is 1.81 bits per heavy atom. The van der Waals surface area contributed by atoms with Crippen LogP contribution in [0.25, 0.3) is 22.3 Å². The van der Waals surface area contributed by atoms with Crippen molar-refractivity contribution in [2.45, 2.75) is 6.92 Å². The molecule has 0 saturated carbocycles. The zero-order valence-corrected chi connectivity index (χ0v) is 13.6. The molecular weight excluding hydrogens is 332 g/mol. The van der Waals surface area contributed by atoms with Gasteiger partial charge in [0.15, 0.2) is 11.5 Å². The van der Waals surface area contributed by atoms with Crippen molar-refractivity contribution in [1.82, 2.24) is 9.97 Å². The van der Waals surface area contributed by atoms with Crippen molar-refractivity contribution in [1.29, 1.82) is 0 Å². The van der Waals surface area contributed by atoms with Crippen molar-refractivity contribution in [2.24, 2.45) is 0 Å². The average molecular weight is 347 g/mol. The Labute approximate surface area is 131 Å². The Morgan fingerprint density at radius 1 is 1.05 bits per heavy atom. The molecule has 0 atom stereocenters. The van der Waals surface area contributed by atoms with E-state index < -0.39 is 0 Å². The number of methoxy groups -OCH3 is 2. The van der Waals surface area contributed by atoms with E-state index in [4.69, 9.17) is 9.47 Å². The van der Waals surface area contributed by atoms with Gasteiger partial charge in [-0.25, -0.2) is 4.98 Å². The fourth-order valence-electron chi connectivity index (χ4n) is 2.45. The van der Waals surface area contributed by atoms with E-state index in [9.17, 15) is 0 Å². The summed E-state index contributed by atoms with van der Waals surface area (Å²) in [4.78, 5) is 7.94. The van der Waals surface area contributed by atoms with E-state index in [0.29, 0.717) is 5.75 Å². The van der Waals surface area contributed by atoms with E-state index in [1.807, 2.05) is 30.3 Å². The lowest BCUT2D eigenvalue weighted by Gasteiger charge is -2.09. The van der Waals surface area contributed by atoms with E-state index in [0.717, 1.165) is 38.2 Å². The maximum absolute atomic E-state index is 5.37. The second-order valence-corrected chi connectivity index (χ2v) is 5.54. The van der Waals surface area contributed by atoms with Gasteiger partial charge in [0, 0.05) is 11.1 Å². The SMILES string of the molecule is COc1ccc(-c2[nH]c3ccc(Br)nc3c2C)cc1OC. The molecular formula is C16H15BrN2O2. The molecule has 3 aromatic rings. The number of pyridine rings is 1. The van der Waals surface area contributed by atoms with Gasteiger partial charge in [0.05, 0.1) is 30.9 Å². The van der Waals surface area contributed by atoms with Gasteiger partial charge < -0.3 is 14.5 Å². The molecule has 0 bridgehead atoms. The number of H-pyrrole nitrogens is 1. The quantitative estimate of drug-likeness (QED) is 0.718. The number of halogens is 1. The highest BCUT2D eigenvalue weighted by Gasteiger charge is 2.13. The van der Waals surface area contributed by atoms with Gasteiger partial charge in [0.25, 0.3) is 0 Å². The summed E-state index contributed by atoms with van der Waals surface area (Å²) >= 11 is 3.41. The Balaban J connectivity index is 2.18. The van der Waals surface area contributed by atoms with Gasteiger partial charge in [-0.1, -0.05) is 0 Å². The molecule has 0 aliphatic carbocycles. The standard InChI is InChI=1S/C16H15BrN2O2/c1-9-15(18-11-5-7-14(17)19-16(9)11)10-4-6-12(20-2)13(8-10)21-3/h4-8,18H,1-3H3. The maximum atomic E-state index is 5.37. The molecule has 1 N–H and O–H groups in total. The van der Waals surface area contributed by atoms with Crippen LogP contribution in [0.2, 0.25) is 0 Å². The number of aromatic amines is 1. The molecule has 2 heterocycles. The number of fused-ring (bicyclic) bond motifs is 1.